The van der Waals surface area contributed by atoms with Crippen LogP contribution in [-0.4, -0.2) is 32.9 Å². The molecule has 8 heteroatoms. The third-order valence-electron chi connectivity index (χ3n) is 5.26. The molecule has 2 aromatic heterocycles. The first kappa shape index (κ1) is 19.1. The standard InChI is InChI=1S/C21H25N7O/c1-12-6-7-13-9-14(10-24-17(13)8-12)26-21-19(20(23)29)25-11-18(28-21)27-16-5-3-2-4-15(16)22/h6-11,15-16H,2-5,22H2,1H3,(H2,23,29)(H2,26,27,28). The second-order valence-corrected chi connectivity index (χ2v) is 7.56. The van der Waals surface area contributed by atoms with Gasteiger partial charge in [-0.25, -0.2) is 9.97 Å². The maximum atomic E-state index is 11.8. The Hall–Kier alpha value is -3.26. The number of aryl methyl sites for hydroxylation is 1. The summed E-state index contributed by atoms with van der Waals surface area (Å²) in [6, 6.07) is 8.21. The van der Waals surface area contributed by atoms with Crippen molar-refractivity contribution in [2.75, 3.05) is 10.6 Å². The Bertz CT molecular complexity index is 1050. The van der Waals surface area contributed by atoms with Crippen molar-refractivity contribution in [1.29, 1.82) is 0 Å². The van der Waals surface area contributed by atoms with Gasteiger partial charge in [0.15, 0.2) is 11.5 Å². The number of anilines is 3. The van der Waals surface area contributed by atoms with Crippen molar-refractivity contribution in [1.82, 2.24) is 15.0 Å². The summed E-state index contributed by atoms with van der Waals surface area (Å²) in [4.78, 5) is 25.1. The molecule has 29 heavy (non-hydrogen) atoms. The number of rotatable bonds is 5. The lowest BCUT2D eigenvalue weighted by Crippen LogP contribution is -2.42. The normalized spacial score (nSPS) is 19.1. The van der Waals surface area contributed by atoms with Gasteiger partial charge in [0.1, 0.15) is 5.82 Å². The second-order valence-electron chi connectivity index (χ2n) is 7.56. The molecule has 2 heterocycles. The molecular weight excluding hydrogens is 366 g/mol. The Morgan fingerprint density at radius 3 is 2.76 bits per heavy atom. The number of nitrogens with zero attached hydrogens (tertiary/aromatic N) is 3. The van der Waals surface area contributed by atoms with Crippen LogP contribution in [0.4, 0.5) is 17.3 Å². The Balaban J connectivity index is 1.62. The first-order chi connectivity index (χ1) is 14.0. The van der Waals surface area contributed by atoms with Crippen LogP contribution in [-0.2, 0) is 0 Å². The van der Waals surface area contributed by atoms with Crippen LogP contribution >= 0.6 is 0 Å². The lowest BCUT2D eigenvalue weighted by molar-refractivity contribution is 0.0996. The van der Waals surface area contributed by atoms with Crippen molar-refractivity contribution in [3.05, 3.63) is 47.9 Å². The van der Waals surface area contributed by atoms with Gasteiger partial charge in [0.05, 0.1) is 23.6 Å². The molecule has 1 amide bonds. The van der Waals surface area contributed by atoms with Gasteiger partial charge in [0.25, 0.3) is 5.91 Å². The number of primary amides is 1. The van der Waals surface area contributed by atoms with E-state index in [2.05, 4.69) is 25.6 Å². The largest absolute Gasteiger partial charge is 0.364 e. The number of amides is 1. The number of hydrogen-bond acceptors (Lipinski definition) is 7. The number of carbonyl (C=O) groups is 1. The van der Waals surface area contributed by atoms with Gasteiger partial charge in [0, 0.05) is 17.5 Å². The van der Waals surface area contributed by atoms with Crippen molar-refractivity contribution in [2.45, 2.75) is 44.7 Å². The minimum atomic E-state index is -0.648. The van der Waals surface area contributed by atoms with E-state index in [9.17, 15) is 4.79 Å². The summed E-state index contributed by atoms with van der Waals surface area (Å²) < 4.78 is 0. The fraction of sp³-hybridized carbons (Fsp3) is 0.333. The molecule has 4 rings (SSSR count). The number of fused-ring (bicyclic) bond motifs is 1. The molecule has 0 spiro atoms. The molecular formula is C21H25N7O. The zero-order valence-corrected chi connectivity index (χ0v) is 16.4. The molecule has 0 bridgehead atoms. The van der Waals surface area contributed by atoms with Gasteiger partial charge in [-0.15, -0.1) is 0 Å². The topological polar surface area (TPSA) is 132 Å². The molecule has 150 valence electrons. The molecule has 2 atom stereocenters. The van der Waals surface area contributed by atoms with Gasteiger partial charge in [-0.05, 0) is 37.5 Å². The monoisotopic (exact) mass is 391 g/mol. The van der Waals surface area contributed by atoms with Crippen LogP contribution in [0.1, 0.15) is 41.7 Å². The predicted molar refractivity (Wildman–Crippen MR) is 114 cm³/mol. The van der Waals surface area contributed by atoms with Crippen molar-refractivity contribution >= 4 is 34.1 Å². The van der Waals surface area contributed by atoms with Crippen molar-refractivity contribution in [3.8, 4) is 0 Å². The minimum absolute atomic E-state index is 0.0749. The van der Waals surface area contributed by atoms with Crippen LogP contribution in [0.25, 0.3) is 10.9 Å². The number of pyridine rings is 1. The first-order valence-corrected chi connectivity index (χ1v) is 9.82. The van der Waals surface area contributed by atoms with Crippen molar-refractivity contribution < 1.29 is 4.79 Å². The third-order valence-corrected chi connectivity index (χ3v) is 5.26. The highest BCUT2D eigenvalue weighted by Gasteiger charge is 2.23. The number of benzene rings is 1. The Kier molecular flexibility index (Phi) is 5.26. The van der Waals surface area contributed by atoms with Gasteiger partial charge in [-0.3, -0.25) is 9.78 Å². The molecule has 6 N–H and O–H groups in total. The van der Waals surface area contributed by atoms with E-state index in [1.54, 1.807) is 6.20 Å². The van der Waals surface area contributed by atoms with Crippen LogP contribution in [0.2, 0.25) is 0 Å². The van der Waals surface area contributed by atoms with Crippen molar-refractivity contribution in [3.63, 3.8) is 0 Å². The molecule has 1 saturated carbocycles. The van der Waals surface area contributed by atoms with E-state index < -0.39 is 5.91 Å². The number of hydrogen-bond donors (Lipinski definition) is 4. The molecule has 0 radical (unpaired) electrons. The highest BCUT2D eigenvalue weighted by atomic mass is 16.1. The fourth-order valence-corrected chi connectivity index (χ4v) is 3.69. The first-order valence-electron chi connectivity index (χ1n) is 9.82. The molecule has 1 aliphatic carbocycles. The maximum absolute atomic E-state index is 11.8. The van der Waals surface area contributed by atoms with E-state index in [0.717, 1.165) is 42.1 Å². The summed E-state index contributed by atoms with van der Waals surface area (Å²) in [6.07, 6.45) is 7.47. The smallest absolute Gasteiger partial charge is 0.271 e. The lowest BCUT2D eigenvalue weighted by Gasteiger charge is -2.29. The fourth-order valence-electron chi connectivity index (χ4n) is 3.69. The Morgan fingerprint density at radius 2 is 1.97 bits per heavy atom. The molecule has 3 aromatic rings. The van der Waals surface area contributed by atoms with Gasteiger partial charge in [-0.1, -0.05) is 25.0 Å². The quantitative estimate of drug-likeness (QED) is 0.526. The number of carbonyl (C=O) groups excluding carboxylic acids is 1. The second kappa shape index (κ2) is 8.00. The van der Waals surface area contributed by atoms with Gasteiger partial charge < -0.3 is 22.1 Å². The van der Waals surface area contributed by atoms with Gasteiger partial charge in [0.2, 0.25) is 0 Å². The summed E-state index contributed by atoms with van der Waals surface area (Å²) in [5.41, 5.74) is 14.5. The summed E-state index contributed by atoms with van der Waals surface area (Å²) in [5.74, 6) is 0.203. The van der Waals surface area contributed by atoms with Crippen LogP contribution in [0.15, 0.2) is 36.7 Å². The highest BCUT2D eigenvalue weighted by molar-refractivity contribution is 5.96. The molecule has 0 aliphatic heterocycles. The molecule has 8 nitrogen and oxygen atoms in total. The average molecular weight is 391 g/mol. The molecule has 0 saturated heterocycles. The third kappa shape index (κ3) is 4.27. The summed E-state index contributed by atoms with van der Waals surface area (Å²) in [7, 11) is 0. The van der Waals surface area contributed by atoms with E-state index in [1.807, 2.05) is 31.2 Å². The van der Waals surface area contributed by atoms with Crippen LogP contribution in [0.5, 0.6) is 0 Å². The van der Waals surface area contributed by atoms with Gasteiger partial charge in [-0.2, -0.15) is 0 Å². The zero-order chi connectivity index (χ0) is 20.4. The van der Waals surface area contributed by atoms with Crippen LogP contribution in [0, 0.1) is 6.92 Å². The minimum Gasteiger partial charge on any atom is -0.364 e. The van der Waals surface area contributed by atoms with E-state index in [4.69, 9.17) is 11.5 Å². The summed E-state index contributed by atoms with van der Waals surface area (Å²) in [5, 5.41) is 7.48. The maximum Gasteiger partial charge on any atom is 0.271 e. The zero-order valence-electron chi connectivity index (χ0n) is 16.4. The Morgan fingerprint density at radius 1 is 1.14 bits per heavy atom. The number of aromatic nitrogens is 3. The van der Waals surface area contributed by atoms with E-state index in [0.29, 0.717) is 17.3 Å². The van der Waals surface area contributed by atoms with E-state index in [-0.39, 0.29) is 17.8 Å². The number of nitrogens with two attached hydrogens (primary N) is 2. The molecule has 1 aromatic carbocycles. The predicted octanol–water partition coefficient (Wildman–Crippen LogP) is 2.86. The molecule has 2 unspecified atom stereocenters. The number of nitrogens with one attached hydrogen (secondary N) is 2. The SMILES string of the molecule is Cc1ccc2cc(Nc3nc(NC4CCCCC4N)cnc3C(N)=O)cnc2c1. The lowest BCUT2D eigenvalue weighted by atomic mass is 9.91. The van der Waals surface area contributed by atoms with E-state index in [1.165, 1.54) is 6.20 Å². The average Bonchev–Trinajstić information content (AvgIpc) is 2.70. The van der Waals surface area contributed by atoms with E-state index >= 15 is 0 Å². The highest BCUT2D eigenvalue weighted by Crippen LogP contribution is 2.24. The van der Waals surface area contributed by atoms with Crippen molar-refractivity contribution in [2.24, 2.45) is 11.5 Å². The van der Waals surface area contributed by atoms with Crippen LogP contribution in [0.3, 0.4) is 0 Å². The Labute approximate surface area is 169 Å². The molecule has 1 fully saturated rings. The summed E-state index contributed by atoms with van der Waals surface area (Å²) in [6.45, 7) is 2.03. The molecule has 1 aliphatic rings. The summed E-state index contributed by atoms with van der Waals surface area (Å²) >= 11 is 0. The van der Waals surface area contributed by atoms with Gasteiger partial charge >= 0.3 is 0 Å². The van der Waals surface area contributed by atoms with Crippen LogP contribution < -0.4 is 22.1 Å².